The number of rotatable bonds is 4. The molecule has 2 aromatic rings. The molecule has 0 amide bonds. The summed E-state index contributed by atoms with van der Waals surface area (Å²) in [4.78, 5) is 2.35. The number of benzene rings is 2. The molecule has 106 valence electrons. The van der Waals surface area contributed by atoms with Crippen LogP contribution in [0, 0.1) is 0 Å². The highest BCUT2D eigenvalue weighted by Crippen LogP contribution is 2.32. The zero-order valence-electron chi connectivity index (χ0n) is 11.3. The summed E-state index contributed by atoms with van der Waals surface area (Å²) in [5.41, 5.74) is 0. The number of hydrogen-bond acceptors (Lipinski definition) is 3. The first-order valence-electron chi connectivity index (χ1n) is 6.95. The highest BCUT2D eigenvalue weighted by molar-refractivity contribution is 6.37. The van der Waals surface area contributed by atoms with Crippen molar-refractivity contribution >= 4 is 22.4 Å². The summed E-state index contributed by atoms with van der Waals surface area (Å²) in [6.07, 6.45) is 0. The topological polar surface area (TPSA) is 21.7 Å². The Hall–Kier alpha value is -1.29. The zero-order valence-corrected chi connectivity index (χ0v) is 12.1. The van der Waals surface area contributed by atoms with Crippen molar-refractivity contribution in [1.29, 1.82) is 0 Å². The van der Waals surface area contributed by atoms with Gasteiger partial charge in [0.25, 0.3) is 0 Å². The van der Waals surface area contributed by atoms with Gasteiger partial charge >= 0.3 is 0 Å². The lowest BCUT2D eigenvalue weighted by Gasteiger charge is -2.26. The quantitative estimate of drug-likeness (QED) is 0.863. The van der Waals surface area contributed by atoms with E-state index in [-0.39, 0.29) is 0 Å². The van der Waals surface area contributed by atoms with E-state index in [9.17, 15) is 0 Å². The van der Waals surface area contributed by atoms with E-state index in [4.69, 9.17) is 21.1 Å². The van der Waals surface area contributed by atoms with Gasteiger partial charge in [0, 0.05) is 25.0 Å². The molecule has 3 nitrogen and oxygen atoms in total. The summed E-state index contributed by atoms with van der Waals surface area (Å²) in [5.74, 6) is 0.763. The fourth-order valence-electron chi connectivity index (χ4n) is 2.43. The molecule has 1 saturated heterocycles. The van der Waals surface area contributed by atoms with Crippen molar-refractivity contribution in [3.8, 4) is 5.75 Å². The molecule has 0 N–H and O–H groups in total. The molecule has 0 aliphatic carbocycles. The maximum absolute atomic E-state index is 6.40. The number of morpholine rings is 1. The molecule has 20 heavy (non-hydrogen) atoms. The molecule has 0 radical (unpaired) electrons. The minimum atomic E-state index is 0.651. The van der Waals surface area contributed by atoms with Gasteiger partial charge in [-0.1, -0.05) is 41.9 Å². The van der Waals surface area contributed by atoms with Gasteiger partial charge in [-0.15, -0.1) is 0 Å². The van der Waals surface area contributed by atoms with E-state index in [1.165, 1.54) is 0 Å². The summed E-state index contributed by atoms with van der Waals surface area (Å²) < 4.78 is 11.2. The molecular formula is C16H18ClNO2. The molecule has 2 aromatic carbocycles. The maximum Gasteiger partial charge on any atom is 0.138 e. The lowest BCUT2D eigenvalue weighted by Crippen LogP contribution is -2.38. The molecule has 0 atom stereocenters. The molecule has 0 saturated carbocycles. The van der Waals surface area contributed by atoms with Crippen molar-refractivity contribution in [3.63, 3.8) is 0 Å². The summed E-state index contributed by atoms with van der Waals surface area (Å²) in [5, 5.41) is 2.88. The van der Waals surface area contributed by atoms with Gasteiger partial charge in [0.1, 0.15) is 12.4 Å². The monoisotopic (exact) mass is 291 g/mol. The summed E-state index contributed by atoms with van der Waals surface area (Å²) >= 11 is 6.40. The first-order chi connectivity index (χ1) is 9.84. The second-order valence-corrected chi connectivity index (χ2v) is 5.28. The smallest absolute Gasteiger partial charge is 0.138 e. The third kappa shape index (κ3) is 3.06. The third-order valence-electron chi connectivity index (χ3n) is 3.60. The first kappa shape index (κ1) is 13.7. The Bertz CT molecular complexity index is 582. The number of fused-ring (bicyclic) bond motifs is 1. The van der Waals surface area contributed by atoms with Crippen LogP contribution in [-0.2, 0) is 4.74 Å². The van der Waals surface area contributed by atoms with Gasteiger partial charge in [-0.05, 0) is 11.5 Å². The number of halogens is 1. The van der Waals surface area contributed by atoms with Crippen LogP contribution in [0.4, 0.5) is 0 Å². The molecule has 0 aromatic heterocycles. The molecule has 1 fully saturated rings. The second kappa shape index (κ2) is 6.44. The van der Waals surface area contributed by atoms with Gasteiger partial charge < -0.3 is 9.47 Å². The van der Waals surface area contributed by atoms with Gasteiger partial charge in [0.15, 0.2) is 0 Å². The Morgan fingerprint density at radius 2 is 1.90 bits per heavy atom. The average Bonchev–Trinajstić information content (AvgIpc) is 2.51. The van der Waals surface area contributed by atoms with Crippen LogP contribution in [0.1, 0.15) is 0 Å². The van der Waals surface area contributed by atoms with Crippen LogP contribution < -0.4 is 4.74 Å². The lowest BCUT2D eigenvalue weighted by atomic mass is 10.1. The fourth-order valence-corrected chi connectivity index (χ4v) is 2.72. The number of hydrogen-bond donors (Lipinski definition) is 0. The van der Waals surface area contributed by atoms with Crippen LogP contribution >= 0.6 is 11.6 Å². The summed E-state index contributed by atoms with van der Waals surface area (Å²) in [6, 6.07) is 12.1. The SMILES string of the molecule is Clc1c(OCCN2CCOCC2)ccc2ccccc12. The Morgan fingerprint density at radius 3 is 2.75 bits per heavy atom. The van der Waals surface area contributed by atoms with Crippen LogP contribution in [0.2, 0.25) is 5.02 Å². The third-order valence-corrected chi connectivity index (χ3v) is 3.99. The standard InChI is InChI=1S/C16H18ClNO2/c17-16-14-4-2-1-3-13(14)5-6-15(16)20-12-9-18-7-10-19-11-8-18/h1-6H,7-12H2. The molecule has 1 heterocycles. The van der Waals surface area contributed by atoms with Crippen molar-refractivity contribution in [2.75, 3.05) is 39.5 Å². The number of ether oxygens (including phenoxy) is 2. The normalized spacial score (nSPS) is 16.4. The molecule has 4 heteroatoms. The van der Waals surface area contributed by atoms with E-state index >= 15 is 0 Å². The van der Waals surface area contributed by atoms with Crippen molar-refractivity contribution in [3.05, 3.63) is 41.4 Å². The highest BCUT2D eigenvalue weighted by atomic mass is 35.5. The molecule has 3 rings (SSSR count). The van der Waals surface area contributed by atoms with E-state index in [1.807, 2.05) is 30.3 Å². The van der Waals surface area contributed by atoms with Crippen LogP contribution in [0.5, 0.6) is 5.75 Å². The van der Waals surface area contributed by atoms with Crippen molar-refractivity contribution in [2.45, 2.75) is 0 Å². The van der Waals surface area contributed by atoms with Crippen molar-refractivity contribution < 1.29 is 9.47 Å². The molecule has 1 aliphatic rings. The Morgan fingerprint density at radius 1 is 1.10 bits per heavy atom. The fraction of sp³-hybridized carbons (Fsp3) is 0.375. The molecule has 0 spiro atoms. The van der Waals surface area contributed by atoms with Gasteiger partial charge in [-0.2, -0.15) is 0 Å². The molecule has 0 unspecified atom stereocenters. The Kier molecular flexibility index (Phi) is 4.41. The van der Waals surface area contributed by atoms with Crippen LogP contribution in [-0.4, -0.2) is 44.4 Å². The van der Waals surface area contributed by atoms with Crippen LogP contribution in [0.25, 0.3) is 10.8 Å². The predicted octanol–water partition coefficient (Wildman–Crippen LogP) is 3.20. The van der Waals surface area contributed by atoms with Crippen LogP contribution in [0.15, 0.2) is 36.4 Å². The van der Waals surface area contributed by atoms with E-state index < -0.39 is 0 Å². The minimum Gasteiger partial charge on any atom is -0.491 e. The predicted molar refractivity (Wildman–Crippen MR) is 81.7 cm³/mol. The van der Waals surface area contributed by atoms with Crippen molar-refractivity contribution in [1.82, 2.24) is 4.90 Å². The maximum atomic E-state index is 6.40. The minimum absolute atomic E-state index is 0.651. The summed E-state index contributed by atoms with van der Waals surface area (Å²) in [7, 11) is 0. The van der Waals surface area contributed by atoms with E-state index in [0.29, 0.717) is 11.6 Å². The molecular weight excluding hydrogens is 274 g/mol. The van der Waals surface area contributed by atoms with Gasteiger partial charge in [-0.25, -0.2) is 0 Å². The molecule has 0 bridgehead atoms. The lowest BCUT2D eigenvalue weighted by molar-refractivity contribution is 0.0322. The largest absolute Gasteiger partial charge is 0.491 e. The van der Waals surface area contributed by atoms with Gasteiger partial charge in [-0.3, -0.25) is 4.90 Å². The summed E-state index contributed by atoms with van der Waals surface area (Å²) in [6.45, 7) is 5.15. The van der Waals surface area contributed by atoms with Crippen LogP contribution in [0.3, 0.4) is 0 Å². The zero-order chi connectivity index (χ0) is 13.8. The average molecular weight is 292 g/mol. The highest BCUT2D eigenvalue weighted by Gasteiger charge is 2.11. The van der Waals surface area contributed by atoms with E-state index in [2.05, 4.69) is 11.0 Å². The number of nitrogens with zero attached hydrogens (tertiary/aromatic N) is 1. The Labute approximate surface area is 124 Å². The van der Waals surface area contributed by atoms with Crippen molar-refractivity contribution in [2.24, 2.45) is 0 Å². The first-order valence-corrected chi connectivity index (χ1v) is 7.32. The molecule has 1 aliphatic heterocycles. The second-order valence-electron chi connectivity index (χ2n) is 4.90. The van der Waals surface area contributed by atoms with Gasteiger partial charge in [0.2, 0.25) is 0 Å². The Balaban J connectivity index is 1.63. The van der Waals surface area contributed by atoms with Gasteiger partial charge in [0.05, 0.1) is 18.2 Å². The van der Waals surface area contributed by atoms with E-state index in [1.54, 1.807) is 0 Å². The van der Waals surface area contributed by atoms with E-state index in [0.717, 1.165) is 49.4 Å².